The van der Waals surface area contributed by atoms with Crippen molar-refractivity contribution in [3.63, 3.8) is 0 Å². The summed E-state index contributed by atoms with van der Waals surface area (Å²) in [4.78, 5) is 28.9. The number of benzene rings is 3. The van der Waals surface area contributed by atoms with Gasteiger partial charge in [-0.05, 0) is 61.2 Å². The van der Waals surface area contributed by atoms with Crippen LogP contribution in [0.4, 0.5) is 5.69 Å². The van der Waals surface area contributed by atoms with Gasteiger partial charge in [0.2, 0.25) is 11.8 Å². The van der Waals surface area contributed by atoms with Crippen LogP contribution in [0.5, 0.6) is 11.5 Å². The van der Waals surface area contributed by atoms with Crippen molar-refractivity contribution in [2.75, 3.05) is 31.6 Å². The number of anilines is 1. The molecule has 0 aliphatic rings. The number of sulfonamides is 1. The highest BCUT2D eigenvalue weighted by molar-refractivity contribution is 7.92. The van der Waals surface area contributed by atoms with E-state index in [1.165, 1.54) is 37.3 Å². The maximum absolute atomic E-state index is 14.2. The largest absolute Gasteiger partial charge is 0.493 e. The van der Waals surface area contributed by atoms with Crippen LogP contribution in [0.2, 0.25) is 10.0 Å². The van der Waals surface area contributed by atoms with Gasteiger partial charge < -0.3 is 19.7 Å². The Balaban J connectivity index is 2.10. The zero-order valence-electron chi connectivity index (χ0n) is 25.8. The van der Waals surface area contributed by atoms with E-state index in [0.717, 1.165) is 9.87 Å². The molecule has 0 unspecified atom stereocenters. The summed E-state index contributed by atoms with van der Waals surface area (Å²) < 4.78 is 40.0. The van der Waals surface area contributed by atoms with Crippen molar-refractivity contribution in [2.24, 2.45) is 5.92 Å². The van der Waals surface area contributed by atoms with Crippen LogP contribution in [0.25, 0.3) is 0 Å². The molecule has 1 atom stereocenters. The fourth-order valence-corrected chi connectivity index (χ4v) is 6.27. The minimum atomic E-state index is -4.30. The van der Waals surface area contributed by atoms with E-state index in [0.29, 0.717) is 34.3 Å². The lowest BCUT2D eigenvalue weighted by Crippen LogP contribution is -2.52. The SMILES string of the molecule is CC[C@H](C(=O)NCC(C)C)N(Cc1ccc(Cl)c(Cl)c1)C(=O)CN(c1ccc(C)cc1)S(=O)(=O)c1ccc(OC)c(OC)c1. The minimum Gasteiger partial charge on any atom is -0.493 e. The lowest BCUT2D eigenvalue weighted by atomic mass is 10.1. The number of carbonyl (C=O) groups excluding carboxylic acids is 2. The molecule has 0 aliphatic heterocycles. The van der Waals surface area contributed by atoms with Gasteiger partial charge in [0, 0.05) is 19.2 Å². The van der Waals surface area contributed by atoms with Gasteiger partial charge in [0.1, 0.15) is 12.6 Å². The first kappa shape index (κ1) is 35.0. The standard InChI is InChI=1S/C32H39Cl2N3O6S/c1-7-28(32(39)35-18-21(2)3)36(19-23-10-14-26(33)27(34)16-23)31(38)20-37(24-11-8-22(4)9-12-24)44(40,41)25-13-15-29(42-5)30(17-25)43-6/h8-17,21,28H,7,18-20H2,1-6H3,(H,35,39)/t28-/m1/s1. The summed E-state index contributed by atoms with van der Waals surface area (Å²) in [5.41, 5.74) is 1.83. The summed E-state index contributed by atoms with van der Waals surface area (Å²) in [5, 5.41) is 3.55. The van der Waals surface area contributed by atoms with Gasteiger partial charge in [-0.25, -0.2) is 8.42 Å². The lowest BCUT2D eigenvalue weighted by Gasteiger charge is -2.33. The van der Waals surface area contributed by atoms with Crippen LogP contribution in [0, 0.1) is 12.8 Å². The molecule has 0 aromatic heterocycles. The van der Waals surface area contributed by atoms with Gasteiger partial charge in [0.05, 0.1) is 34.8 Å². The first-order valence-corrected chi connectivity index (χ1v) is 16.3. The van der Waals surface area contributed by atoms with Crippen molar-refractivity contribution in [2.45, 2.75) is 51.6 Å². The third-order valence-electron chi connectivity index (χ3n) is 6.95. The summed E-state index contributed by atoms with van der Waals surface area (Å²) >= 11 is 12.4. The fraction of sp³-hybridized carbons (Fsp3) is 0.375. The Morgan fingerprint density at radius 2 is 1.57 bits per heavy atom. The van der Waals surface area contributed by atoms with E-state index in [1.807, 2.05) is 20.8 Å². The van der Waals surface area contributed by atoms with E-state index >= 15 is 0 Å². The van der Waals surface area contributed by atoms with Gasteiger partial charge in [-0.1, -0.05) is 67.7 Å². The van der Waals surface area contributed by atoms with Crippen molar-refractivity contribution in [3.05, 3.63) is 81.8 Å². The van der Waals surface area contributed by atoms with E-state index in [-0.39, 0.29) is 34.7 Å². The molecule has 3 rings (SSSR count). The Kier molecular flexibility index (Phi) is 12.3. The molecule has 0 saturated carbocycles. The van der Waals surface area contributed by atoms with Crippen molar-refractivity contribution < 1.29 is 27.5 Å². The Labute approximate surface area is 270 Å². The molecule has 0 spiro atoms. The van der Waals surface area contributed by atoms with Gasteiger partial charge in [-0.3, -0.25) is 13.9 Å². The molecule has 3 aromatic rings. The number of methoxy groups -OCH3 is 2. The number of nitrogens with one attached hydrogen (secondary N) is 1. The third-order valence-corrected chi connectivity index (χ3v) is 9.46. The minimum absolute atomic E-state index is 0.00146. The summed E-state index contributed by atoms with van der Waals surface area (Å²) in [7, 11) is -1.44. The number of nitrogens with zero attached hydrogens (tertiary/aromatic N) is 2. The second-order valence-corrected chi connectivity index (χ2v) is 13.4. The number of rotatable bonds is 14. The smallest absolute Gasteiger partial charge is 0.264 e. The molecule has 12 heteroatoms. The topological polar surface area (TPSA) is 105 Å². The molecule has 3 aromatic carbocycles. The summed E-state index contributed by atoms with van der Waals surface area (Å²) in [6.07, 6.45) is 0.296. The second-order valence-electron chi connectivity index (χ2n) is 10.7. The molecule has 0 radical (unpaired) electrons. The Bertz CT molecular complexity index is 1560. The van der Waals surface area contributed by atoms with Gasteiger partial charge in [0.15, 0.2) is 11.5 Å². The average molecular weight is 665 g/mol. The molecule has 1 N–H and O–H groups in total. The molecular formula is C32H39Cl2N3O6S. The zero-order valence-corrected chi connectivity index (χ0v) is 28.1. The molecule has 0 saturated heterocycles. The maximum atomic E-state index is 14.2. The van der Waals surface area contributed by atoms with Crippen LogP contribution >= 0.6 is 23.2 Å². The average Bonchev–Trinajstić information content (AvgIpc) is 3.00. The van der Waals surface area contributed by atoms with E-state index in [4.69, 9.17) is 32.7 Å². The lowest BCUT2D eigenvalue weighted by molar-refractivity contribution is -0.140. The molecule has 2 amide bonds. The van der Waals surface area contributed by atoms with Crippen molar-refractivity contribution in [1.82, 2.24) is 10.2 Å². The van der Waals surface area contributed by atoms with Gasteiger partial charge in [0.25, 0.3) is 10.0 Å². The first-order valence-electron chi connectivity index (χ1n) is 14.1. The van der Waals surface area contributed by atoms with Gasteiger partial charge in [-0.2, -0.15) is 0 Å². The summed E-state index contributed by atoms with van der Waals surface area (Å²) in [6.45, 7) is 7.47. The number of amides is 2. The quantitative estimate of drug-likeness (QED) is 0.224. The number of hydrogen-bond donors (Lipinski definition) is 1. The predicted molar refractivity (Wildman–Crippen MR) is 174 cm³/mol. The highest BCUT2D eigenvalue weighted by Crippen LogP contribution is 2.33. The van der Waals surface area contributed by atoms with Crippen LogP contribution < -0.4 is 19.1 Å². The van der Waals surface area contributed by atoms with E-state index < -0.39 is 28.5 Å². The van der Waals surface area contributed by atoms with Crippen LogP contribution in [0.15, 0.2) is 65.6 Å². The van der Waals surface area contributed by atoms with Crippen molar-refractivity contribution in [1.29, 1.82) is 0 Å². The Morgan fingerprint density at radius 1 is 0.909 bits per heavy atom. The highest BCUT2D eigenvalue weighted by atomic mass is 35.5. The molecule has 0 bridgehead atoms. The highest BCUT2D eigenvalue weighted by Gasteiger charge is 2.34. The van der Waals surface area contributed by atoms with E-state index in [1.54, 1.807) is 49.4 Å². The normalized spacial score (nSPS) is 12.0. The van der Waals surface area contributed by atoms with Gasteiger partial charge in [-0.15, -0.1) is 0 Å². The number of halogens is 2. The fourth-order valence-electron chi connectivity index (χ4n) is 4.52. The van der Waals surface area contributed by atoms with Gasteiger partial charge >= 0.3 is 0 Å². The first-order chi connectivity index (χ1) is 20.8. The number of carbonyl (C=O) groups is 2. The summed E-state index contributed by atoms with van der Waals surface area (Å²) in [6, 6.07) is 15.1. The van der Waals surface area contributed by atoms with Crippen molar-refractivity contribution >= 4 is 50.7 Å². The molecule has 44 heavy (non-hydrogen) atoms. The molecule has 238 valence electrons. The Hall–Kier alpha value is -3.47. The van der Waals surface area contributed by atoms with E-state index in [9.17, 15) is 18.0 Å². The third kappa shape index (κ3) is 8.58. The molecule has 0 fully saturated rings. The second kappa shape index (κ2) is 15.5. The Morgan fingerprint density at radius 3 is 2.14 bits per heavy atom. The zero-order chi connectivity index (χ0) is 32.6. The van der Waals surface area contributed by atoms with E-state index in [2.05, 4.69) is 5.32 Å². The number of hydrogen-bond acceptors (Lipinski definition) is 6. The molecular weight excluding hydrogens is 625 g/mol. The number of aryl methyl sites for hydroxylation is 1. The molecule has 9 nitrogen and oxygen atoms in total. The van der Waals surface area contributed by atoms with Crippen LogP contribution in [0.1, 0.15) is 38.3 Å². The van der Waals surface area contributed by atoms with Crippen molar-refractivity contribution in [3.8, 4) is 11.5 Å². The predicted octanol–water partition coefficient (Wildman–Crippen LogP) is 6.09. The van der Waals surface area contributed by atoms with Crippen LogP contribution in [-0.2, 0) is 26.2 Å². The maximum Gasteiger partial charge on any atom is 0.264 e. The van der Waals surface area contributed by atoms with Crippen LogP contribution in [-0.4, -0.2) is 58.5 Å². The summed E-state index contributed by atoms with van der Waals surface area (Å²) in [5.74, 6) is -0.140. The molecule has 0 heterocycles. The number of ether oxygens (including phenoxy) is 2. The molecule has 0 aliphatic carbocycles. The monoisotopic (exact) mass is 663 g/mol. The van der Waals surface area contributed by atoms with Crippen LogP contribution in [0.3, 0.4) is 0 Å².